The first-order valence-corrected chi connectivity index (χ1v) is 12.5. The lowest BCUT2D eigenvalue weighted by Gasteiger charge is -2.15. The predicted octanol–water partition coefficient (Wildman–Crippen LogP) is 5.64. The van der Waals surface area contributed by atoms with Crippen molar-refractivity contribution in [3.05, 3.63) is 100 Å². The van der Waals surface area contributed by atoms with Gasteiger partial charge in [0.1, 0.15) is 10.7 Å². The highest BCUT2D eigenvalue weighted by atomic mass is 35.5. The first kappa shape index (κ1) is 26.6. The van der Waals surface area contributed by atoms with Crippen molar-refractivity contribution >= 4 is 52.4 Å². The summed E-state index contributed by atoms with van der Waals surface area (Å²) in [6.07, 6.45) is 1.67. The standard InChI is InChI=1S/C29H26ClN3O5/c1-3-4-16-38-29(37)19-10-14-23(15-11-19)33-27(35)24(30)25(28(33)36)31-22-7-5-6-20(17-22)26(34)32-21-12-8-18(2)9-13-21/h5-15,17,31H,3-4,16H2,1-2H3,(H,32,34). The van der Waals surface area contributed by atoms with Gasteiger partial charge in [-0.05, 0) is 67.9 Å². The maximum Gasteiger partial charge on any atom is 0.338 e. The number of nitrogens with one attached hydrogen (secondary N) is 2. The Kier molecular flexibility index (Phi) is 8.23. The van der Waals surface area contributed by atoms with Gasteiger partial charge in [-0.2, -0.15) is 0 Å². The van der Waals surface area contributed by atoms with Crippen molar-refractivity contribution in [3.63, 3.8) is 0 Å². The second-order valence-corrected chi connectivity index (χ2v) is 9.07. The van der Waals surface area contributed by atoms with Gasteiger partial charge in [-0.1, -0.05) is 48.7 Å². The lowest BCUT2D eigenvalue weighted by molar-refractivity contribution is -0.120. The summed E-state index contributed by atoms with van der Waals surface area (Å²) in [6, 6.07) is 19.8. The number of rotatable bonds is 9. The number of benzene rings is 3. The van der Waals surface area contributed by atoms with E-state index in [-0.39, 0.29) is 22.3 Å². The number of carbonyl (C=O) groups excluding carboxylic acids is 4. The molecule has 0 bridgehead atoms. The lowest BCUT2D eigenvalue weighted by atomic mass is 10.1. The van der Waals surface area contributed by atoms with Crippen molar-refractivity contribution in [3.8, 4) is 0 Å². The Labute approximate surface area is 225 Å². The fourth-order valence-electron chi connectivity index (χ4n) is 3.71. The van der Waals surface area contributed by atoms with Crippen LogP contribution in [0.3, 0.4) is 0 Å². The molecule has 1 heterocycles. The monoisotopic (exact) mass is 531 g/mol. The molecule has 0 aromatic heterocycles. The molecular weight excluding hydrogens is 506 g/mol. The summed E-state index contributed by atoms with van der Waals surface area (Å²) in [5.41, 5.74) is 2.93. The van der Waals surface area contributed by atoms with Crippen LogP contribution in [0, 0.1) is 6.92 Å². The summed E-state index contributed by atoms with van der Waals surface area (Å²) in [6.45, 7) is 4.27. The molecule has 8 nitrogen and oxygen atoms in total. The average molecular weight is 532 g/mol. The molecule has 0 aliphatic carbocycles. The average Bonchev–Trinajstić information content (AvgIpc) is 3.13. The Morgan fingerprint density at radius 3 is 2.29 bits per heavy atom. The van der Waals surface area contributed by atoms with Crippen molar-refractivity contribution in [1.29, 1.82) is 0 Å². The van der Waals surface area contributed by atoms with Gasteiger partial charge in [0.15, 0.2) is 0 Å². The first-order chi connectivity index (χ1) is 18.3. The number of anilines is 3. The number of imide groups is 1. The van der Waals surface area contributed by atoms with Gasteiger partial charge in [-0.25, -0.2) is 9.69 Å². The highest BCUT2D eigenvalue weighted by molar-refractivity contribution is 6.53. The van der Waals surface area contributed by atoms with Crippen LogP contribution in [0.4, 0.5) is 17.1 Å². The summed E-state index contributed by atoms with van der Waals surface area (Å²) in [7, 11) is 0. The highest BCUT2D eigenvalue weighted by Gasteiger charge is 2.39. The molecule has 3 aromatic carbocycles. The van der Waals surface area contributed by atoms with Gasteiger partial charge in [0.05, 0.1) is 17.9 Å². The van der Waals surface area contributed by atoms with Crippen LogP contribution in [-0.2, 0) is 14.3 Å². The summed E-state index contributed by atoms with van der Waals surface area (Å²) in [4.78, 5) is 51.8. The minimum atomic E-state index is -0.703. The number of unbranched alkanes of at least 4 members (excludes halogenated alkanes) is 1. The number of amides is 3. The number of aryl methyl sites for hydroxylation is 1. The van der Waals surface area contributed by atoms with Crippen molar-refractivity contribution in [2.24, 2.45) is 0 Å². The van der Waals surface area contributed by atoms with Gasteiger partial charge in [-0.3, -0.25) is 14.4 Å². The van der Waals surface area contributed by atoms with Gasteiger partial charge < -0.3 is 15.4 Å². The van der Waals surface area contributed by atoms with E-state index in [1.807, 2.05) is 26.0 Å². The number of halogens is 1. The third kappa shape index (κ3) is 5.92. The SMILES string of the molecule is CCCCOC(=O)c1ccc(N2C(=O)C(Cl)=C(Nc3cccc(C(=O)Nc4ccc(C)cc4)c3)C2=O)cc1. The second-order valence-electron chi connectivity index (χ2n) is 8.70. The molecule has 0 unspecified atom stereocenters. The van der Waals surface area contributed by atoms with E-state index in [9.17, 15) is 19.2 Å². The van der Waals surface area contributed by atoms with Gasteiger partial charge >= 0.3 is 5.97 Å². The van der Waals surface area contributed by atoms with Crippen LogP contribution < -0.4 is 15.5 Å². The van der Waals surface area contributed by atoms with E-state index in [4.69, 9.17) is 16.3 Å². The quantitative estimate of drug-likeness (QED) is 0.210. The molecule has 194 valence electrons. The number of ether oxygens (including phenoxy) is 1. The van der Waals surface area contributed by atoms with E-state index in [1.54, 1.807) is 36.4 Å². The molecule has 0 spiro atoms. The zero-order valence-electron chi connectivity index (χ0n) is 20.9. The maximum atomic E-state index is 13.1. The Morgan fingerprint density at radius 1 is 0.895 bits per heavy atom. The largest absolute Gasteiger partial charge is 0.462 e. The van der Waals surface area contributed by atoms with Crippen LogP contribution in [-0.4, -0.2) is 30.3 Å². The molecule has 0 radical (unpaired) electrons. The summed E-state index contributed by atoms with van der Waals surface area (Å²) < 4.78 is 5.19. The normalized spacial score (nSPS) is 13.1. The van der Waals surface area contributed by atoms with Crippen LogP contribution >= 0.6 is 11.6 Å². The van der Waals surface area contributed by atoms with E-state index in [0.717, 1.165) is 23.3 Å². The van der Waals surface area contributed by atoms with Crippen LogP contribution in [0.1, 0.15) is 46.0 Å². The van der Waals surface area contributed by atoms with E-state index < -0.39 is 17.8 Å². The molecular formula is C29H26ClN3O5. The van der Waals surface area contributed by atoms with E-state index in [2.05, 4.69) is 10.6 Å². The zero-order valence-corrected chi connectivity index (χ0v) is 21.7. The Balaban J connectivity index is 1.46. The van der Waals surface area contributed by atoms with Crippen LogP contribution in [0.5, 0.6) is 0 Å². The van der Waals surface area contributed by atoms with Crippen LogP contribution in [0.15, 0.2) is 83.5 Å². The van der Waals surface area contributed by atoms with Crippen molar-refractivity contribution in [2.75, 3.05) is 22.1 Å². The van der Waals surface area contributed by atoms with E-state index in [0.29, 0.717) is 29.1 Å². The van der Waals surface area contributed by atoms with Gasteiger partial charge in [0, 0.05) is 16.9 Å². The molecule has 3 aromatic rings. The summed E-state index contributed by atoms with van der Waals surface area (Å²) in [5, 5.41) is 5.41. The topological polar surface area (TPSA) is 105 Å². The molecule has 4 rings (SSSR count). The molecule has 1 aliphatic rings. The van der Waals surface area contributed by atoms with Crippen molar-refractivity contribution in [2.45, 2.75) is 26.7 Å². The zero-order chi connectivity index (χ0) is 27.2. The fourth-order valence-corrected chi connectivity index (χ4v) is 3.92. The number of hydrogen-bond donors (Lipinski definition) is 2. The molecule has 1 aliphatic heterocycles. The third-order valence-corrected chi connectivity index (χ3v) is 6.17. The van der Waals surface area contributed by atoms with E-state index in [1.165, 1.54) is 24.3 Å². The van der Waals surface area contributed by atoms with E-state index >= 15 is 0 Å². The van der Waals surface area contributed by atoms with Crippen LogP contribution in [0.25, 0.3) is 0 Å². The Hall–Kier alpha value is -4.43. The Morgan fingerprint density at radius 2 is 1.61 bits per heavy atom. The van der Waals surface area contributed by atoms with Gasteiger partial charge in [0.25, 0.3) is 17.7 Å². The smallest absolute Gasteiger partial charge is 0.338 e. The minimum Gasteiger partial charge on any atom is -0.462 e. The second kappa shape index (κ2) is 11.7. The molecule has 3 amide bonds. The van der Waals surface area contributed by atoms with Gasteiger partial charge in [0.2, 0.25) is 0 Å². The molecule has 0 saturated heterocycles. The molecule has 2 N–H and O–H groups in total. The van der Waals surface area contributed by atoms with Crippen LogP contribution in [0.2, 0.25) is 0 Å². The van der Waals surface area contributed by atoms with Crippen molar-refractivity contribution in [1.82, 2.24) is 0 Å². The molecule has 0 atom stereocenters. The first-order valence-electron chi connectivity index (χ1n) is 12.1. The number of esters is 1. The molecule has 0 saturated carbocycles. The lowest BCUT2D eigenvalue weighted by Crippen LogP contribution is -2.32. The predicted molar refractivity (Wildman–Crippen MR) is 146 cm³/mol. The highest BCUT2D eigenvalue weighted by Crippen LogP contribution is 2.30. The minimum absolute atomic E-state index is 0.115. The third-order valence-electron chi connectivity index (χ3n) is 5.82. The molecule has 9 heteroatoms. The molecule has 0 fully saturated rings. The van der Waals surface area contributed by atoms with Gasteiger partial charge in [-0.15, -0.1) is 0 Å². The summed E-state index contributed by atoms with van der Waals surface area (Å²) >= 11 is 6.24. The maximum absolute atomic E-state index is 13.1. The van der Waals surface area contributed by atoms with Crippen molar-refractivity contribution < 1.29 is 23.9 Å². The number of nitrogens with zero attached hydrogens (tertiary/aromatic N) is 1. The number of hydrogen-bond acceptors (Lipinski definition) is 6. The Bertz CT molecular complexity index is 1410. The fraction of sp³-hybridized carbons (Fsp3) is 0.172. The molecule has 38 heavy (non-hydrogen) atoms. The summed E-state index contributed by atoms with van der Waals surface area (Å²) in [5.74, 6) is -2.17. The number of carbonyl (C=O) groups is 4.